The molecule has 6 heteroatoms. The molecule has 4 rings (SSSR count). The van der Waals surface area contributed by atoms with E-state index in [2.05, 4.69) is 48.5 Å². The van der Waals surface area contributed by atoms with Gasteiger partial charge in [0.1, 0.15) is 12.1 Å². The van der Waals surface area contributed by atoms with Crippen molar-refractivity contribution in [3.63, 3.8) is 0 Å². The van der Waals surface area contributed by atoms with E-state index in [0.29, 0.717) is 6.67 Å². The molecule has 3 atom stereocenters. The fraction of sp³-hybridized carbons (Fsp3) is 0.652. The van der Waals surface area contributed by atoms with Crippen molar-refractivity contribution in [2.75, 3.05) is 31.7 Å². The minimum Gasteiger partial charge on any atom is -0.371 e. The minimum absolute atomic E-state index is 0.0154. The molecule has 2 N–H and O–H groups in total. The molecular formula is C23H35N4O2+. The standard InChI is InChI=1S/C23H34N4O2/c1-18-10-6-7-13-23(18)21(28)27(22(29)24-23)17-25(2)16-19-11-4-5-12-20(19)26-14-8-3-9-15-26/h4-5,11-12,18H,3,6-10,13-17H2,1-2H3,(H,24,29)/p+1/t18-,23-/m0/s1. The molecule has 1 saturated carbocycles. The van der Waals surface area contributed by atoms with E-state index in [0.717, 1.165) is 50.2 Å². The highest BCUT2D eigenvalue weighted by Gasteiger charge is 2.55. The number of hydrogen-bond donors (Lipinski definition) is 2. The Morgan fingerprint density at radius 3 is 2.62 bits per heavy atom. The van der Waals surface area contributed by atoms with Crippen LogP contribution in [-0.4, -0.2) is 49.2 Å². The van der Waals surface area contributed by atoms with Gasteiger partial charge in [-0.15, -0.1) is 0 Å². The number of imide groups is 1. The Hall–Kier alpha value is -2.08. The Balaban J connectivity index is 1.44. The van der Waals surface area contributed by atoms with Crippen LogP contribution in [0.2, 0.25) is 0 Å². The van der Waals surface area contributed by atoms with Crippen LogP contribution in [-0.2, 0) is 11.3 Å². The summed E-state index contributed by atoms with van der Waals surface area (Å²) in [6.45, 7) is 5.54. The van der Waals surface area contributed by atoms with Gasteiger partial charge in [0.25, 0.3) is 5.91 Å². The predicted molar refractivity (Wildman–Crippen MR) is 114 cm³/mol. The SMILES string of the molecule is C[C@H]1CCCC[C@]12NC(=O)N(C[NH+](C)Cc1ccccc1N1CCCCC1)C2=O. The van der Waals surface area contributed by atoms with Crippen LogP contribution in [0, 0.1) is 5.92 Å². The zero-order valence-electron chi connectivity index (χ0n) is 17.9. The molecule has 1 unspecified atom stereocenters. The number of piperidine rings is 1. The smallest absolute Gasteiger partial charge is 0.329 e. The minimum atomic E-state index is -0.665. The average molecular weight is 400 g/mol. The summed E-state index contributed by atoms with van der Waals surface area (Å²) in [6, 6.07) is 8.37. The van der Waals surface area contributed by atoms with Gasteiger partial charge in [-0.1, -0.05) is 38.0 Å². The number of hydrogen-bond acceptors (Lipinski definition) is 3. The van der Waals surface area contributed by atoms with E-state index in [1.54, 1.807) is 0 Å². The lowest BCUT2D eigenvalue weighted by molar-refractivity contribution is -0.901. The highest BCUT2D eigenvalue weighted by Crippen LogP contribution is 2.37. The van der Waals surface area contributed by atoms with Gasteiger partial charge in [-0.05, 0) is 44.1 Å². The molecule has 29 heavy (non-hydrogen) atoms. The quantitative estimate of drug-likeness (QED) is 0.746. The number of anilines is 1. The molecule has 6 nitrogen and oxygen atoms in total. The molecule has 1 aromatic rings. The molecule has 3 fully saturated rings. The van der Waals surface area contributed by atoms with Crippen LogP contribution in [0.25, 0.3) is 0 Å². The Morgan fingerprint density at radius 1 is 1.10 bits per heavy atom. The second-order valence-electron chi connectivity index (χ2n) is 9.25. The fourth-order valence-corrected chi connectivity index (χ4v) is 5.39. The van der Waals surface area contributed by atoms with Gasteiger partial charge < -0.3 is 15.1 Å². The van der Waals surface area contributed by atoms with Crippen molar-refractivity contribution in [3.8, 4) is 0 Å². The third kappa shape index (κ3) is 3.87. The third-order valence-electron chi connectivity index (χ3n) is 7.11. The first kappa shape index (κ1) is 20.2. The van der Waals surface area contributed by atoms with Crippen molar-refractivity contribution in [3.05, 3.63) is 29.8 Å². The van der Waals surface area contributed by atoms with Crippen molar-refractivity contribution >= 4 is 17.6 Å². The number of rotatable bonds is 5. The summed E-state index contributed by atoms with van der Waals surface area (Å²) in [5.74, 6) is 0.191. The monoisotopic (exact) mass is 399 g/mol. The summed E-state index contributed by atoms with van der Waals surface area (Å²) >= 11 is 0. The van der Waals surface area contributed by atoms with Crippen LogP contribution in [0.1, 0.15) is 57.4 Å². The maximum atomic E-state index is 13.2. The van der Waals surface area contributed by atoms with E-state index >= 15 is 0 Å². The average Bonchev–Trinajstić information content (AvgIpc) is 2.96. The number of nitrogens with zero attached hydrogens (tertiary/aromatic N) is 2. The largest absolute Gasteiger partial charge is 0.371 e. The van der Waals surface area contributed by atoms with Crippen molar-refractivity contribution < 1.29 is 14.5 Å². The zero-order chi connectivity index (χ0) is 20.4. The zero-order valence-corrected chi connectivity index (χ0v) is 17.9. The molecule has 158 valence electrons. The number of benzene rings is 1. The first-order chi connectivity index (χ1) is 14.0. The normalized spacial score (nSPS) is 28.7. The molecule has 3 amide bonds. The van der Waals surface area contributed by atoms with Crippen LogP contribution < -0.4 is 15.1 Å². The van der Waals surface area contributed by atoms with Gasteiger partial charge in [0.05, 0.1) is 7.05 Å². The molecule has 2 aliphatic heterocycles. The molecule has 0 aromatic heterocycles. The second-order valence-corrected chi connectivity index (χ2v) is 9.25. The van der Waals surface area contributed by atoms with Crippen LogP contribution in [0.3, 0.4) is 0 Å². The summed E-state index contributed by atoms with van der Waals surface area (Å²) < 4.78 is 0. The van der Waals surface area contributed by atoms with Crippen molar-refractivity contribution in [1.82, 2.24) is 10.2 Å². The first-order valence-electron chi connectivity index (χ1n) is 11.3. The molecule has 0 bridgehead atoms. The molecule has 1 spiro atoms. The van der Waals surface area contributed by atoms with E-state index in [4.69, 9.17) is 0 Å². The van der Waals surface area contributed by atoms with Crippen LogP contribution >= 0.6 is 0 Å². The molecule has 1 aromatic carbocycles. The number of carbonyl (C=O) groups excluding carboxylic acids is 2. The number of nitrogens with one attached hydrogen (secondary N) is 2. The van der Waals surface area contributed by atoms with E-state index in [1.165, 1.54) is 35.4 Å². The molecular weight excluding hydrogens is 364 g/mol. The van der Waals surface area contributed by atoms with E-state index in [9.17, 15) is 9.59 Å². The Morgan fingerprint density at radius 2 is 1.86 bits per heavy atom. The van der Waals surface area contributed by atoms with Crippen molar-refractivity contribution in [1.29, 1.82) is 0 Å². The van der Waals surface area contributed by atoms with Crippen molar-refractivity contribution in [2.45, 2.75) is 64.0 Å². The molecule has 3 aliphatic rings. The van der Waals surface area contributed by atoms with Crippen LogP contribution in [0.15, 0.2) is 24.3 Å². The lowest BCUT2D eigenvalue weighted by atomic mass is 9.73. The molecule has 1 aliphatic carbocycles. The predicted octanol–water partition coefficient (Wildman–Crippen LogP) is 2.15. The topological polar surface area (TPSA) is 57.1 Å². The molecule has 0 radical (unpaired) electrons. The fourth-order valence-electron chi connectivity index (χ4n) is 5.39. The van der Waals surface area contributed by atoms with Crippen LogP contribution in [0.4, 0.5) is 10.5 Å². The van der Waals surface area contributed by atoms with Gasteiger partial charge in [-0.2, -0.15) is 0 Å². The summed E-state index contributed by atoms with van der Waals surface area (Å²) in [5, 5.41) is 3.07. The maximum Gasteiger partial charge on any atom is 0.329 e. The van der Waals surface area contributed by atoms with Gasteiger partial charge >= 0.3 is 6.03 Å². The highest BCUT2D eigenvalue weighted by molar-refractivity contribution is 6.07. The summed E-state index contributed by atoms with van der Waals surface area (Å²) in [6.07, 6.45) is 7.74. The number of para-hydroxylation sites is 1. The number of urea groups is 1. The Labute approximate surface area is 174 Å². The summed E-state index contributed by atoms with van der Waals surface area (Å²) in [4.78, 5) is 31.0. The number of amides is 3. The lowest BCUT2D eigenvalue weighted by Crippen LogP contribution is -3.09. The maximum absolute atomic E-state index is 13.2. The molecule has 2 heterocycles. The lowest BCUT2D eigenvalue weighted by Gasteiger charge is -2.36. The van der Waals surface area contributed by atoms with Gasteiger partial charge in [0, 0.05) is 24.3 Å². The second kappa shape index (κ2) is 8.34. The summed E-state index contributed by atoms with van der Waals surface area (Å²) in [5.41, 5.74) is 1.93. The van der Waals surface area contributed by atoms with E-state index in [-0.39, 0.29) is 17.9 Å². The Bertz CT molecular complexity index is 761. The van der Waals surface area contributed by atoms with Crippen molar-refractivity contribution in [2.24, 2.45) is 5.92 Å². The third-order valence-corrected chi connectivity index (χ3v) is 7.11. The van der Waals surface area contributed by atoms with Crippen LogP contribution in [0.5, 0.6) is 0 Å². The van der Waals surface area contributed by atoms with E-state index in [1.807, 2.05) is 0 Å². The van der Waals surface area contributed by atoms with Gasteiger partial charge in [-0.25, -0.2) is 9.69 Å². The number of carbonyl (C=O) groups is 2. The van der Waals surface area contributed by atoms with Gasteiger partial charge in [-0.3, -0.25) is 4.79 Å². The summed E-state index contributed by atoms with van der Waals surface area (Å²) in [7, 11) is 2.07. The van der Waals surface area contributed by atoms with Gasteiger partial charge in [0.15, 0.2) is 6.67 Å². The highest BCUT2D eigenvalue weighted by atomic mass is 16.2. The van der Waals surface area contributed by atoms with Gasteiger partial charge in [0.2, 0.25) is 0 Å². The first-order valence-corrected chi connectivity index (χ1v) is 11.3. The molecule has 2 saturated heterocycles. The Kier molecular flexibility index (Phi) is 5.81. The number of quaternary nitrogens is 1. The van der Waals surface area contributed by atoms with E-state index < -0.39 is 5.54 Å².